The molecule has 0 spiro atoms. The highest BCUT2D eigenvalue weighted by atomic mass is 16.5. The van der Waals surface area contributed by atoms with Crippen molar-refractivity contribution in [1.29, 1.82) is 0 Å². The largest absolute Gasteiger partial charge is 0.489 e. The van der Waals surface area contributed by atoms with Crippen molar-refractivity contribution in [3.05, 3.63) is 102 Å². The summed E-state index contributed by atoms with van der Waals surface area (Å²) < 4.78 is 6.02. The molecule has 24 heavy (non-hydrogen) atoms. The smallest absolute Gasteiger partial charge is 0.124 e. The molecule has 0 saturated carbocycles. The molecular formula is C22H23NO. The lowest BCUT2D eigenvalue weighted by Gasteiger charge is -2.16. The van der Waals surface area contributed by atoms with Crippen molar-refractivity contribution in [3.8, 4) is 5.75 Å². The van der Waals surface area contributed by atoms with E-state index < -0.39 is 0 Å². The van der Waals surface area contributed by atoms with Gasteiger partial charge in [0.05, 0.1) is 0 Å². The van der Waals surface area contributed by atoms with Crippen molar-refractivity contribution >= 4 is 0 Å². The lowest BCUT2D eigenvalue weighted by molar-refractivity contribution is 0.301. The summed E-state index contributed by atoms with van der Waals surface area (Å²) in [5.74, 6) is 0.939. The van der Waals surface area contributed by atoms with Gasteiger partial charge in [-0.15, -0.1) is 0 Å². The van der Waals surface area contributed by atoms with E-state index in [1.807, 2.05) is 36.4 Å². The van der Waals surface area contributed by atoms with E-state index >= 15 is 0 Å². The normalized spacial score (nSPS) is 11.9. The van der Waals surface area contributed by atoms with E-state index in [1.165, 1.54) is 16.7 Å². The molecule has 0 heterocycles. The molecule has 0 radical (unpaired) electrons. The highest BCUT2D eigenvalue weighted by Crippen LogP contribution is 2.21. The molecule has 1 atom stereocenters. The van der Waals surface area contributed by atoms with Crippen LogP contribution in [0, 0.1) is 0 Å². The molecule has 2 heteroatoms. The van der Waals surface area contributed by atoms with Gasteiger partial charge in [-0.3, -0.25) is 0 Å². The molecule has 0 aliphatic heterocycles. The zero-order valence-corrected chi connectivity index (χ0v) is 14.0. The van der Waals surface area contributed by atoms with Gasteiger partial charge in [0.15, 0.2) is 0 Å². The zero-order valence-electron chi connectivity index (χ0n) is 14.0. The fourth-order valence-electron chi connectivity index (χ4n) is 2.65. The van der Waals surface area contributed by atoms with Gasteiger partial charge >= 0.3 is 0 Å². The van der Waals surface area contributed by atoms with Crippen LogP contribution in [-0.4, -0.2) is 0 Å². The maximum atomic E-state index is 6.02. The average Bonchev–Trinajstić information content (AvgIpc) is 2.66. The van der Waals surface area contributed by atoms with Gasteiger partial charge < -0.3 is 10.1 Å². The number of nitrogens with one attached hydrogen (secondary N) is 1. The second kappa shape index (κ2) is 8.32. The van der Waals surface area contributed by atoms with Crippen LogP contribution in [0.25, 0.3) is 0 Å². The standard InChI is InChI=1S/C22H23NO/c1-18(20-12-6-3-7-13-20)23-16-21-14-8-9-15-22(21)24-17-19-10-4-2-5-11-19/h2-15,18,23H,16-17H2,1H3. The average molecular weight is 317 g/mol. The molecule has 0 bridgehead atoms. The second-order valence-corrected chi connectivity index (χ2v) is 5.90. The molecule has 3 aromatic rings. The Labute approximate surface area is 144 Å². The summed E-state index contributed by atoms with van der Waals surface area (Å²) in [6, 6.07) is 29.3. The van der Waals surface area contributed by atoms with Crippen molar-refractivity contribution in [2.24, 2.45) is 0 Å². The van der Waals surface area contributed by atoms with E-state index in [0.717, 1.165) is 12.3 Å². The summed E-state index contributed by atoms with van der Waals surface area (Å²) in [5.41, 5.74) is 3.65. The Morgan fingerprint density at radius 1 is 0.792 bits per heavy atom. The summed E-state index contributed by atoms with van der Waals surface area (Å²) in [4.78, 5) is 0. The summed E-state index contributed by atoms with van der Waals surface area (Å²) in [7, 11) is 0. The number of ether oxygens (including phenoxy) is 1. The van der Waals surface area contributed by atoms with E-state index in [-0.39, 0.29) is 0 Å². The topological polar surface area (TPSA) is 21.3 Å². The van der Waals surface area contributed by atoms with Crippen molar-refractivity contribution in [2.45, 2.75) is 26.1 Å². The zero-order chi connectivity index (χ0) is 16.6. The number of hydrogen-bond donors (Lipinski definition) is 1. The minimum absolute atomic E-state index is 0.299. The number of hydrogen-bond acceptors (Lipinski definition) is 2. The number of benzene rings is 3. The van der Waals surface area contributed by atoms with Crippen molar-refractivity contribution < 1.29 is 4.74 Å². The maximum Gasteiger partial charge on any atom is 0.124 e. The van der Waals surface area contributed by atoms with Crippen LogP contribution in [0.5, 0.6) is 5.75 Å². The summed E-state index contributed by atoms with van der Waals surface area (Å²) in [6.07, 6.45) is 0. The molecule has 0 saturated heterocycles. The molecule has 0 aromatic heterocycles. The number of rotatable bonds is 7. The van der Waals surface area contributed by atoms with Crippen LogP contribution < -0.4 is 10.1 Å². The van der Waals surface area contributed by atoms with Gasteiger partial charge in [0.25, 0.3) is 0 Å². The second-order valence-electron chi connectivity index (χ2n) is 5.90. The predicted octanol–water partition coefficient (Wildman–Crippen LogP) is 5.12. The molecule has 0 fully saturated rings. The molecule has 1 N–H and O–H groups in total. The fourth-order valence-corrected chi connectivity index (χ4v) is 2.65. The van der Waals surface area contributed by atoms with E-state index in [4.69, 9.17) is 4.74 Å². The first-order valence-electron chi connectivity index (χ1n) is 8.36. The van der Waals surface area contributed by atoms with E-state index in [2.05, 4.69) is 60.8 Å². The van der Waals surface area contributed by atoms with Crippen LogP contribution in [-0.2, 0) is 13.2 Å². The van der Waals surface area contributed by atoms with Crippen LogP contribution >= 0.6 is 0 Å². The fraction of sp³-hybridized carbons (Fsp3) is 0.182. The van der Waals surface area contributed by atoms with Gasteiger partial charge in [-0.05, 0) is 24.1 Å². The van der Waals surface area contributed by atoms with Crippen molar-refractivity contribution in [1.82, 2.24) is 5.32 Å². The van der Waals surface area contributed by atoms with Gasteiger partial charge in [-0.1, -0.05) is 78.9 Å². The first kappa shape index (κ1) is 16.3. The Kier molecular flexibility index (Phi) is 5.65. The molecule has 0 amide bonds. The third-order valence-electron chi connectivity index (χ3n) is 4.11. The quantitative estimate of drug-likeness (QED) is 0.653. The SMILES string of the molecule is CC(NCc1ccccc1OCc1ccccc1)c1ccccc1. The van der Waals surface area contributed by atoms with E-state index in [9.17, 15) is 0 Å². The molecule has 3 rings (SSSR count). The molecule has 3 aromatic carbocycles. The monoisotopic (exact) mass is 317 g/mol. The Morgan fingerprint density at radius 3 is 2.17 bits per heavy atom. The van der Waals surface area contributed by atoms with Crippen molar-refractivity contribution in [2.75, 3.05) is 0 Å². The van der Waals surface area contributed by atoms with Gasteiger partial charge in [-0.25, -0.2) is 0 Å². The van der Waals surface area contributed by atoms with E-state index in [1.54, 1.807) is 0 Å². The predicted molar refractivity (Wildman–Crippen MR) is 98.9 cm³/mol. The number of para-hydroxylation sites is 1. The summed E-state index contributed by atoms with van der Waals surface area (Å²) >= 11 is 0. The van der Waals surface area contributed by atoms with Crippen LogP contribution in [0.1, 0.15) is 29.7 Å². The van der Waals surface area contributed by atoms with Gasteiger partial charge in [0.1, 0.15) is 12.4 Å². The van der Waals surface area contributed by atoms with Crippen molar-refractivity contribution in [3.63, 3.8) is 0 Å². The Hall–Kier alpha value is -2.58. The van der Waals surface area contributed by atoms with Crippen LogP contribution in [0.3, 0.4) is 0 Å². The molecule has 0 aliphatic rings. The molecular weight excluding hydrogens is 294 g/mol. The Morgan fingerprint density at radius 2 is 1.42 bits per heavy atom. The molecule has 0 aliphatic carbocycles. The van der Waals surface area contributed by atoms with Gasteiger partial charge in [-0.2, -0.15) is 0 Å². The highest BCUT2D eigenvalue weighted by Gasteiger charge is 2.07. The first-order valence-corrected chi connectivity index (χ1v) is 8.36. The molecule has 2 nitrogen and oxygen atoms in total. The van der Waals surface area contributed by atoms with Crippen LogP contribution in [0.15, 0.2) is 84.9 Å². The maximum absolute atomic E-state index is 6.02. The molecule has 122 valence electrons. The third-order valence-corrected chi connectivity index (χ3v) is 4.11. The lowest BCUT2D eigenvalue weighted by Crippen LogP contribution is -2.18. The first-order chi connectivity index (χ1) is 11.8. The van der Waals surface area contributed by atoms with Gasteiger partial charge in [0.2, 0.25) is 0 Å². The summed E-state index contributed by atoms with van der Waals surface area (Å²) in [5, 5.41) is 3.57. The lowest BCUT2D eigenvalue weighted by atomic mass is 10.1. The van der Waals surface area contributed by atoms with E-state index in [0.29, 0.717) is 12.6 Å². The third kappa shape index (κ3) is 4.46. The van der Waals surface area contributed by atoms with Crippen LogP contribution in [0.2, 0.25) is 0 Å². The Balaban J connectivity index is 1.61. The summed E-state index contributed by atoms with van der Waals surface area (Å²) in [6.45, 7) is 3.55. The minimum atomic E-state index is 0.299. The highest BCUT2D eigenvalue weighted by molar-refractivity contribution is 5.34. The minimum Gasteiger partial charge on any atom is -0.489 e. The molecule has 1 unspecified atom stereocenters. The van der Waals surface area contributed by atoms with Gasteiger partial charge in [0, 0.05) is 18.2 Å². The van der Waals surface area contributed by atoms with Crippen LogP contribution in [0.4, 0.5) is 0 Å². The Bertz CT molecular complexity index is 740.